The Morgan fingerprint density at radius 3 is 2.48 bits per heavy atom. The van der Waals surface area contributed by atoms with E-state index >= 15 is 0 Å². The van der Waals surface area contributed by atoms with Crippen molar-refractivity contribution in [2.24, 2.45) is 0 Å². The van der Waals surface area contributed by atoms with Gasteiger partial charge < -0.3 is 18.6 Å². The highest BCUT2D eigenvalue weighted by molar-refractivity contribution is 6.07. The Kier molecular flexibility index (Phi) is 6.33. The lowest BCUT2D eigenvalue weighted by atomic mass is 10.1. The van der Waals surface area contributed by atoms with Crippen molar-refractivity contribution in [2.75, 3.05) is 14.2 Å². The number of ether oxygens (including phenoxy) is 3. The van der Waals surface area contributed by atoms with E-state index in [0.717, 1.165) is 0 Å². The topological polar surface area (TPSA) is 81.7 Å². The SMILES string of the molecule is COc1ccc(C(=O)/C=C/c2ccc(COc3ccc(C#N)cc3)o2)cc1OC. The van der Waals surface area contributed by atoms with Crippen LogP contribution in [0.3, 0.4) is 0 Å². The van der Waals surface area contributed by atoms with Crippen molar-refractivity contribution in [3.05, 3.63) is 83.3 Å². The predicted molar refractivity (Wildman–Crippen MR) is 107 cm³/mol. The summed E-state index contributed by atoms with van der Waals surface area (Å²) in [6.45, 7) is 0.239. The summed E-state index contributed by atoms with van der Waals surface area (Å²) in [5, 5.41) is 8.80. The van der Waals surface area contributed by atoms with Crippen LogP contribution < -0.4 is 14.2 Å². The molecule has 0 saturated carbocycles. The zero-order chi connectivity index (χ0) is 20.6. The van der Waals surface area contributed by atoms with Crippen LogP contribution in [-0.2, 0) is 6.61 Å². The summed E-state index contributed by atoms with van der Waals surface area (Å²) < 4.78 is 21.7. The average molecular weight is 389 g/mol. The molecule has 1 heterocycles. The number of carbonyl (C=O) groups excluding carboxylic acids is 1. The first-order valence-corrected chi connectivity index (χ1v) is 8.79. The molecule has 2 aromatic carbocycles. The van der Waals surface area contributed by atoms with Gasteiger partial charge in [0, 0.05) is 5.56 Å². The number of furan rings is 1. The summed E-state index contributed by atoms with van der Waals surface area (Å²) >= 11 is 0. The van der Waals surface area contributed by atoms with Crippen molar-refractivity contribution in [1.82, 2.24) is 0 Å². The molecule has 29 heavy (non-hydrogen) atoms. The molecule has 146 valence electrons. The molecule has 0 aliphatic rings. The number of nitriles is 1. The molecule has 3 aromatic rings. The molecule has 0 spiro atoms. The van der Waals surface area contributed by atoms with E-state index in [4.69, 9.17) is 23.9 Å². The Morgan fingerprint density at radius 1 is 1.03 bits per heavy atom. The van der Waals surface area contributed by atoms with Crippen molar-refractivity contribution in [2.45, 2.75) is 6.61 Å². The van der Waals surface area contributed by atoms with Gasteiger partial charge in [-0.05, 0) is 66.7 Å². The molecule has 6 nitrogen and oxygen atoms in total. The molecule has 0 fully saturated rings. The molecule has 0 saturated heterocycles. The second-order valence-corrected chi connectivity index (χ2v) is 6.00. The van der Waals surface area contributed by atoms with Crippen molar-refractivity contribution in [3.63, 3.8) is 0 Å². The van der Waals surface area contributed by atoms with Gasteiger partial charge >= 0.3 is 0 Å². The molecular formula is C23H19NO5. The van der Waals surface area contributed by atoms with Gasteiger partial charge in [-0.15, -0.1) is 0 Å². The number of ketones is 1. The summed E-state index contributed by atoms with van der Waals surface area (Å²) in [7, 11) is 3.06. The van der Waals surface area contributed by atoms with Gasteiger partial charge in [0.15, 0.2) is 17.3 Å². The van der Waals surface area contributed by atoms with Crippen LogP contribution in [0.1, 0.15) is 27.4 Å². The van der Waals surface area contributed by atoms with Crippen LogP contribution in [0.5, 0.6) is 17.2 Å². The van der Waals surface area contributed by atoms with Crippen molar-refractivity contribution in [1.29, 1.82) is 5.26 Å². The van der Waals surface area contributed by atoms with Crippen LogP contribution in [0, 0.1) is 11.3 Å². The van der Waals surface area contributed by atoms with Crippen LogP contribution in [-0.4, -0.2) is 20.0 Å². The lowest BCUT2D eigenvalue weighted by Crippen LogP contribution is -1.97. The highest BCUT2D eigenvalue weighted by atomic mass is 16.5. The fraction of sp³-hybridized carbons (Fsp3) is 0.130. The molecule has 0 aliphatic heterocycles. The number of allylic oxidation sites excluding steroid dienone is 1. The summed E-state index contributed by atoms with van der Waals surface area (Å²) in [6, 6.07) is 17.4. The number of rotatable bonds is 8. The quantitative estimate of drug-likeness (QED) is 0.412. The molecule has 0 radical (unpaired) electrons. The number of methoxy groups -OCH3 is 2. The van der Waals surface area contributed by atoms with Crippen LogP contribution in [0.15, 0.2) is 65.1 Å². The van der Waals surface area contributed by atoms with Gasteiger partial charge in [-0.25, -0.2) is 0 Å². The first-order valence-electron chi connectivity index (χ1n) is 8.79. The van der Waals surface area contributed by atoms with E-state index in [1.165, 1.54) is 13.2 Å². The lowest BCUT2D eigenvalue weighted by Gasteiger charge is -2.07. The fourth-order valence-electron chi connectivity index (χ4n) is 2.59. The molecule has 0 N–H and O–H groups in total. The molecule has 0 bridgehead atoms. The number of hydrogen-bond acceptors (Lipinski definition) is 6. The van der Waals surface area contributed by atoms with E-state index in [1.54, 1.807) is 67.8 Å². The zero-order valence-corrected chi connectivity index (χ0v) is 16.0. The van der Waals surface area contributed by atoms with E-state index in [1.807, 2.05) is 0 Å². The molecule has 0 amide bonds. The number of carbonyl (C=O) groups is 1. The van der Waals surface area contributed by atoms with E-state index in [-0.39, 0.29) is 12.4 Å². The number of nitrogens with zero attached hydrogens (tertiary/aromatic N) is 1. The fourth-order valence-corrected chi connectivity index (χ4v) is 2.59. The summed E-state index contributed by atoms with van der Waals surface area (Å²) in [5.74, 6) is 2.67. The Balaban J connectivity index is 1.61. The third kappa shape index (κ3) is 5.05. The minimum absolute atomic E-state index is 0.183. The molecule has 3 rings (SSSR count). The summed E-state index contributed by atoms with van der Waals surface area (Å²) in [6.07, 6.45) is 3.04. The average Bonchev–Trinajstić information content (AvgIpc) is 3.23. The number of hydrogen-bond donors (Lipinski definition) is 0. The zero-order valence-electron chi connectivity index (χ0n) is 16.0. The molecular weight excluding hydrogens is 370 g/mol. The van der Waals surface area contributed by atoms with E-state index in [9.17, 15) is 4.79 Å². The maximum Gasteiger partial charge on any atom is 0.186 e. The first-order chi connectivity index (χ1) is 14.1. The molecule has 0 unspecified atom stereocenters. The lowest BCUT2D eigenvalue weighted by molar-refractivity contribution is 0.104. The third-order valence-corrected chi connectivity index (χ3v) is 4.11. The Labute approximate surface area is 168 Å². The van der Waals surface area contributed by atoms with Crippen molar-refractivity contribution >= 4 is 11.9 Å². The van der Waals surface area contributed by atoms with Gasteiger partial charge in [-0.1, -0.05) is 0 Å². The molecule has 0 aliphatic carbocycles. The monoisotopic (exact) mass is 389 g/mol. The van der Waals surface area contributed by atoms with Gasteiger partial charge in [0.2, 0.25) is 0 Å². The predicted octanol–water partition coefficient (Wildman–Crippen LogP) is 4.64. The minimum Gasteiger partial charge on any atom is -0.493 e. The van der Waals surface area contributed by atoms with E-state index in [0.29, 0.717) is 39.9 Å². The second kappa shape index (κ2) is 9.29. The normalized spacial score (nSPS) is 10.5. The summed E-state index contributed by atoms with van der Waals surface area (Å²) in [4.78, 5) is 12.4. The van der Waals surface area contributed by atoms with E-state index in [2.05, 4.69) is 6.07 Å². The van der Waals surface area contributed by atoms with E-state index < -0.39 is 0 Å². The number of benzene rings is 2. The van der Waals surface area contributed by atoms with Gasteiger partial charge in [0.05, 0.1) is 25.9 Å². The van der Waals surface area contributed by atoms with Crippen LogP contribution >= 0.6 is 0 Å². The summed E-state index contributed by atoms with van der Waals surface area (Å²) in [5.41, 5.74) is 1.05. The van der Waals surface area contributed by atoms with Gasteiger partial charge in [0.1, 0.15) is 23.9 Å². The third-order valence-electron chi connectivity index (χ3n) is 4.11. The van der Waals surface area contributed by atoms with Crippen molar-refractivity contribution in [3.8, 4) is 23.3 Å². The Hall–Kier alpha value is -3.98. The molecule has 6 heteroatoms. The second-order valence-electron chi connectivity index (χ2n) is 6.00. The first kappa shape index (κ1) is 19.8. The maximum atomic E-state index is 12.4. The molecule has 1 aromatic heterocycles. The van der Waals surface area contributed by atoms with Crippen molar-refractivity contribution < 1.29 is 23.4 Å². The highest BCUT2D eigenvalue weighted by Gasteiger charge is 2.09. The minimum atomic E-state index is -0.183. The largest absolute Gasteiger partial charge is 0.493 e. The van der Waals surface area contributed by atoms with Gasteiger partial charge in [-0.2, -0.15) is 5.26 Å². The van der Waals surface area contributed by atoms with Crippen LogP contribution in [0.25, 0.3) is 6.08 Å². The highest BCUT2D eigenvalue weighted by Crippen LogP contribution is 2.28. The van der Waals surface area contributed by atoms with Gasteiger partial charge in [-0.3, -0.25) is 4.79 Å². The smallest absolute Gasteiger partial charge is 0.186 e. The Bertz CT molecular complexity index is 1060. The maximum absolute atomic E-state index is 12.4. The standard InChI is InChI=1S/C23H19NO5/c1-26-22-12-5-17(13-23(22)27-2)21(25)11-10-19-8-9-20(29-19)15-28-18-6-3-16(14-24)4-7-18/h3-13H,15H2,1-2H3/b11-10+. The van der Waals surface area contributed by atoms with Crippen LogP contribution in [0.2, 0.25) is 0 Å². The Morgan fingerprint density at radius 2 is 1.79 bits per heavy atom. The van der Waals surface area contributed by atoms with Crippen LogP contribution in [0.4, 0.5) is 0 Å². The van der Waals surface area contributed by atoms with Gasteiger partial charge in [0.25, 0.3) is 0 Å². The molecule has 0 atom stereocenters.